The van der Waals surface area contributed by atoms with E-state index in [1.807, 2.05) is 0 Å². The largest absolute Gasteiger partial charge is 0.341 e. The van der Waals surface area contributed by atoms with Crippen LogP contribution in [0.4, 0.5) is 4.79 Å². The average Bonchev–Trinajstić information content (AvgIpc) is 2.61. The maximum absolute atomic E-state index is 12.3. The smallest absolute Gasteiger partial charge is 0.322 e. The fourth-order valence-corrected chi connectivity index (χ4v) is 3.06. The number of amides is 4. The molecule has 2 saturated heterocycles. The molecule has 0 unspecified atom stereocenters. The number of carbonyl (C=O) groups is 3. The van der Waals surface area contributed by atoms with Crippen molar-refractivity contribution in [1.82, 2.24) is 15.5 Å². The number of nitrogens with zero attached hydrogens (tertiary/aromatic N) is 1. The van der Waals surface area contributed by atoms with E-state index in [1.165, 1.54) is 0 Å². The molecule has 4 N–H and O–H groups in total. The highest BCUT2D eigenvalue weighted by Crippen LogP contribution is 2.33. The van der Waals surface area contributed by atoms with Crippen LogP contribution in [0.25, 0.3) is 0 Å². The van der Waals surface area contributed by atoms with Crippen LogP contribution in [0.5, 0.6) is 0 Å². The van der Waals surface area contributed by atoms with Crippen molar-refractivity contribution in [2.24, 2.45) is 5.73 Å². The zero-order chi connectivity index (χ0) is 13.7. The Balaban J connectivity index is 1.65. The first kappa shape index (κ1) is 12.4. The van der Waals surface area contributed by atoms with Gasteiger partial charge in [-0.15, -0.1) is 0 Å². The molecule has 0 aromatic heterocycles. The number of nitrogens with one attached hydrogen (secondary N) is 2. The standard InChI is InChI=1S/C12H18N4O3/c13-11(2-1-3-11)9(18)16-6-4-12(5-7-16)8(17)14-10(19)15-12/h1-7,13H2,(H2,14,15,17,19). The van der Waals surface area contributed by atoms with E-state index in [4.69, 9.17) is 5.73 Å². The molecule has 0 aromatic rings. The highest BCUT2D eigenvalue weighted by Gasteiger charge is 2.50. The van der Waals surface area contributed by atoms with E-state index >= 15 is 0 Å². The van der Waals surface area contributed by atoms with Gasteiger partial charge in [-0.3, -0.25) is 14.9 Å². The zero-order valence-corrected chi connectivity index (χ0v) is 10.7. The van der Waals surface area contributed by atoms with Crippen molar-refractivity contribution < 1.29 is 14.4 Å². The van der Waals surface area contributed by atoms with Gasteiger partial charge >= 0.3 is 6.03 Å². The quantitative estimate of drug-likeness (QED) is 0.533. The molecular weight excluding hydrogens is 248 g/mol. The normalized spacial score (nSPS) is 27.7. The number of hydrogen-bond donors (Lipinski definition) is 3. The van der Waals surface area contributed by atoms with Crippen molar-refractivity contribution in [2.75, 3.05) is 13.1 Å². The molecule has 1 saturated carbocycles. The molecule has 2 heterocycles. The van der Waals surface area contributed by atoms with Gasteiger partial charge in [-0.25, -0.2) is 4.79 Å². The molecule has 1 spiro atoms. The van der Waals surface area contributed by atoms with Crippen molar-refractivity contribution in [3.8, 4) is 0 Å². The predicted octanol–water partition coefficient (Wildman–Crippen LogP) is -0.932. The van der Waals surface area contributed by atoms with Gasteiger partial charge in [0, 0.05) is 13.1 Å². The molecule has 7 heteroatoms. The van der Waals surface area contributed by atoms with Gasteiger partial charge in [0.05, 0.1) is 5.54 Å². The minimum atomic E-state index is -0.824. The molecule has 0 radical (unpaired) electrons. The van der Waals surface area contributed by atoms with Gasteiger partial charge < -0.3 is 16.0 Å². The number of likely N-dealkylation sites (tertiary alicyclic amines) is 1. The van der Waals surface area contributed by atoms with E-state index in [9.17, 15) is 14.4 Å². The van der Waals surface area contributed by atoms with E-state index in [0.29, 0.717) is 25.9 Å². The second-order valence-corrected chi connectivity index (χ2v) is 5.79. The maximum Gasteiger partial charge on any atom is 0.322 e. The molecule has 19 heavy (non-hydrogen) atoms. The van der Waals surface area contributed by atoms with Crippen LogP contribution in [-0.2, 0) is 9.59 Å². The summed E-state index contributed by atoms with van der Waals surface area (Å²) in [4.78, 5) is 37.0. The van der Waals surface area contributed by atoms with Crippen molar-refractivity contribution >= 4 is 17.8 Å². The Kier molecular flexibility index (Phi) is 2.57. The number of nitrogens with two attached hydrogens (primary N) is 1. The Labute approximate surface area is 110 Å². The minimum absolute atomic E-state index is 0.0154. The average molecular weight is 266 g/mol. The molecule has 0 atom stereocenters. The fraction of sp³-hybridized carbons (Fsp3) is 0.750. The molecular formula is C12H18N4O3. The van der Waals surface area contributed by atoms with E-state index in [-0.39, 0.29) is 11.8 Å². The van der Waals surface area contributed by atoms with Crippen molar-refractivity contribution in [1.29, 1.82) is 0 Å². The molecule has 2 aliphatic heterocycles. The summed E-state index contributed by atoms with van der Waals surface area (Å²) < 4.78 is 0. The van der Waals surface area contributed by atoms with Crippen LogP contribution in [0.2, 0.25) is 0 Å². The summed E-state index contributed by atoms with van der Waals surface area (Å²) in [6.07, 6.45) is 3.38. The lowest BCUT2D eigenvalue weighted by Crippen LogP contribution is -2.63. The van der Waals surface area contributed by atoms with Gasteiger partial charge in [-0.2, -0.15) is 0 Å². The van der Waals surface area contributed by atoms with Crippen LogP contribution in [-0.4, -0.2) is 46.9 Å². The molecule has 1 aliphatic carbocycles. The Morgan fingerprint density at radius 3 is 2.21 bits per heavy atom. The van der Waals surface area contributed by atoms with E-state index in [2.05, 4.69) is 10.6 Å². The van der Waals surface area contributed by atoms with Gasteiger partial charge in [0.25, 0.3) is 5.91 Å². The lowest BCUT2D eigenvalue weighted by atomic mass is 9.76. The minimum Gasteiger partial charge on any atom is -0.341 e. The van der Waals surface area contributed by atoms with Crippen LogP contribution in [0.3, 0.4) is 0 Å². The molecule has 3 rings (SSSR count). The molecule has 3 fully saturated rings. The number of carbonyl (C=O) groups excluding carboxylic acids is 3. The Morgan fingerprint density at radius 2 is 1.79 bits per heavy atom. The Morgan fingerprint density at radius 1 is 1.16 bits per heavy atom. The summed E-state index contributed by atoms with van der Waals surface area (Å²) >= 11 is 0. The SMILES string of the molecule is NC1(C(=O)N2CCC3(CC2)NC(=O)NC3=O)CCC1. The lowest BCUT2D eigenvalue weighted by Gasteiger charge is -2.44. The van der Waals surface area contributed by atoms with Crippen LogP contribution >= 0.6 is 0 Å². The molecule has 0 aromatic carbocycles. The summed E-state index contributed by atoms with van der Waals surface area (Å²) in [5.41, 5.74) is 4.52. The highest BCUT2D eigenvalue weighted by molar-refractivity contribution is 6.07. The second-order valence-electron chi connectivity index (χ2n) is 5.79. The van der Waals surface area contributed by atoms with E-state index in [1.54, 1.807) is 4.90 Å². The van der Waals surface area contributed by atoms with E-state index in [0.717, 1.165) is 19.3 Å². The summed E-state index contributed by atoms with van der Waals surface area (Å²) in [5, 5.41) is 4.93. The molecule has 7 nitrogen and oxygen atoms in total. The third-order valence-corrected chi connectivity index (χ3v) is 4.59. The van der Waals surface area contributed by atoms with Crippen LogP contribution in [0, 0.1) is 0 Å². The first-order chi connectivity index (χ1) is 8.95. The van der Waals surface area contributed by atoms with Crippen molar-refractivity contribution in [2.45, 2.75) is 43.2 Å². The summed E-state index contributed by atoms with van der Waals surface area (Å²) in [6.45, 7) is 0.928. The number of piperidine rings is 1. The van der Waals surface area contributed by atoms with Crippen LogP contribution in [0.15, 0.2) is 0 Å². The van der Waals surface area contributed by atoms with Gasteiger partial charge in [-0.1, -0.05) is 0 Å². The lowest BCUT2D eigenvalue weighted by molar-refractivity contribution is -0.143. The highest BCUT2D eigenvalue weighted by atomic mass is 16.2. The van der Waals surface area contributed by atoms with Gasteiger partial charge in [0.2, 0.25) is 5.91 Å². The van der Waals surface area contributed by atoms with Crippen molar-refractivity contribution in [3.05, 3.63) is 0 Å². The predicted molar refractivity (Wildman–Crippen MR) is 66.0 cm³/mol. The summed E-state index contributed by atoms with van der Waals surface area (Å²) in [7, 11) is 0. The molecule has 4 amide bonds. The van der Waals surface area contributed by atoms with Crippen LogP contribution in [0.1, 0.15) is 32.1 Å². The topological polar surface area (TPSA) is 105 Å². The van der Waals surface area contributed by atoms with Crippen LogP contribution < -0.4 is 16.4 Å². The van der Waals surface area contributed by atoms with Gasteiger partial charge in [0.15, 0.2) is 0 Å². The summed E-state index contributed by atoms with van der Waals surface area (Å²) in [5.74, 6) is -0.297. The number of rotatable bonds is 1. The number of hydrogen-bond acceptors (Lipinski definition) is 4. The third kappa shape index (κ3) is 1.80. The summed E-state index contributed by atoms with van der Waals surface area (Å²) in [6, 6.07) is -0.445. The van der Waals surface area contributed by atoms with Gasteiger partial charge in [-0.05, 0) is 32.1 Å². The second kappa shape index (κ2) is 3.93. The van der Waals surface area contributed by atoms with Crippen molar-refractivity contribution in [3.63, 3.8) is 0 Å². The Bertz CT molecular complexity index is 450. The Hall–Kier alpha value is -1.63. The number of imide groups is 1. The molecule has 0 bridgehead atoms. The monoisotopic (exact) mass is 266 g/mol. The first-order valence-corrected chi connectivity index (χ1v) is 6.67. The fourth-order valence-electron chi connectivity index (χ4n) is 3.06. The first-order valence-electron chi connectivity index (χ1n) is 6.67. The maximum atomic E-state index is 12.3. The molecule has 104 valence electrons. The zero-order valence-electron chi connectivity index (χ0n) is 10.7. The molecule has 3 aliphatic rings. The van der Waals surface area contributed by atoms with E-state index < -0.39 is 17.1 Å². The third-order valence-electron chi connectivity index (χ3n) is 4.59. The van der Waals surface area contributed by atoms with Gasteiger partial charge in [0.1, 0.15) is 5.54 Å². The number of urea groups is 1.